The number of rotatable bonds is 43. The smallest absolute Gasteiger partial charge is 0.387 e. The highest BCUT2D eigenvalue weighted by atomic mass is 31.2. The number of phosphoric ester groups is 1. The molecule has 0 aromatic carbocycles. The van der Waals surface area contributed by atoms with Crippen LogP contribution < -0.4 is 5.32 Å². The first kappa shape index (κ1) is 54.2. The third-order valence-electron chi connectivity index (χ3n) is 10.8. The summed E-state index contributed by atoms with van der Waals surface area (Å²) in [5.74, 6) is -0.175. The number of hydrogen-bond acceptors (Lipinski definition) is 5. The van der Waals surface area contributed by atoms with Gasteiger partial charge in [0.15, 0.2) is 0 Å². The van der Waals surface area contributed by atoms with E-state index in [-0.39, 0.29) is 19.1 Å². The molecule has 0 aliphatic heterocycles. The molecule has 0 saturated carbocycles. The second-order valence-electron chi connectivity index (χ2n) is 17.5. The molecular formula is C46H94N2O6P+. The zero-order valence-corrected chi connectivity index (χ0v) is 38.1. The van der Waals surface area contributed by atoms with Gasteiger partial charge in [-0.15, -0.1) is 0 Å². The van der Waals surface area contributed by atoms with Crippen LogP contribution in [0, 0.1) is 0 Å². The Kier molecular flexibility index (Phi) is 38.2. The predicted octanol–water partition coefficient (Wildman–Crippen LogP) is 13.1. The zero-order valence-electron chi connectivity index (χ0n) is 37.2. The molecule has 0 fully saturated rings. The SMILES string of the molecule is CCCCCCCCC/C=C/[C@@H](O)[C@H](COP(=O)(O)OCC[N+](C)(C)C)NC(=O)CCCCCCCCCCCCCCCCCCCCCCCCCC. The molecule has 0 aromatic heterocycles. The number of phosphoric acid groups is 1. The zero-order chi connectivity index (χ0) is 40.7. The van der Waals surface area contributed by atoms with Crippen molar-refractivity contribution in [2.75, 3.05) is 40.9 Å². The Bertz CT molecular complexity index is 911. The lowest BCUT2D eigenvalue weighted by molar-refractivity contribution is -0.870. The molecule has 0 aromatic rings. The molecule has 9 heteroatoms. The summed E-state index contributed by atoms with van der Waals surface area (Å²) in [7, 11) is 1.58. The van der Waals surface area contributed by atoms with Crippen LogP contribution in [0.1, 0.15) is 226 Å². The molecule has 0 bridgehead atoms. The molecule has 0 radical (unpaired) electrons. The standard InChI is InChI=1S/C46H93N2O6P/c1-6-8-10-12-14-16-17-18-19-20-21-22-23-24-25-26-27-28-29-30-32-34-36-38-40-46(50)47-44(43-54-55(51,52)53-42-41-48(3,4)5)45(49)39-37-35-33-31-15-13-11-9-7-2/h37,39,44-45,49H,6-36,38,40-43H2,1-5H3,(H-,47,50,51,52)/p+1/b39-37+/t44-,45+/m0/s1. The first-order chi connectivity index (χ1) is 26.5. The second kappa shape index (κ2) is 38.7. The van der Waals surface area contributed by atoms with Gasteiger partial charge in [0.1, 0.15) is 13.2 Å². The number of nitrogens with zero attached hydrogens (tertiary/aromatic N) is 1. The Morgan fingerprint density at radius 3 is 1.35 bits per heavy atom. The number of aliphatic hydroxyl groups is 1. The van der Waals surface area contributed by atoms with Crippen molar-refractivity contribution in [3.63, 3.8) is 0 Å². The normalized spacial score (nSPS) is 14.4. The number of allylic oxidation sites excluding steroid dienone is 1. The summed E-state index contributed by atoms with van der Waals surface area (Å²) in [5, 5.41) is 13.8. The molecule has 3 N–H and O–H groups in total. The fraction of sp³-hybridized carbons (Fsp3) is 0.935. The number of likely N-dealkylation sites (N-methyl/N-ethyl adjacent to an activating group) is 1. The summed E-state index contributed by atoms with van der Waals surface area (Å²) < 4.78 is 23.5. The Morgan fingerprint density at radius 2 is 0.964 bits per heavy atom. The van der Waals surface area contributed by atoms with Crippen LogP contribution in [0.15, 0.2) is 12.2 Å². The Balaban J connectivity index is 4.11. The first-order valence-corrected chi connectivity index (χ1v) is 25.1. The van der Waals surface area contributed by atoms with Crippen LogP contribution in [0.25, 0.3) is 0 Å². The van der Waals surface area contributed by atoms with Gasteiger partial charge < -0.3 is 19.8 Å². The second-order valence-corrected chi connectivity index (χ2v) is 18.9. The van der Waals surface area contributed by atoms with Crippen molar-refractivity contribution in [3.8, 4) is 0 Å². The van der Waals surface area contributed by atoms with E-state index >= 15 is 0 Å². The van der Waals surface area contributed by atoms with Crippen LogP contribution in [-0.4, -0.2) is 73.4 Å². The number of amides is 1. The Hall–Kier alpha value is -0.760. The summed E-state index contributed by atoms with van der Waals surface area (Å²) >= 11 is 0. The lowest BCUT2D eigenvalue weighted by atomic mass is 10.0. The van der Waals surface area contributed by atoms with Gasteiger partial charge in [0.05, 0.1) is 39.9 Å². The highest BCUT2D eigenvalue weighted by Crippen LogP contribution is 2.43. The van der Waals surface area contributed by atoms with E-state index in [1.165, 1.54) is 167 Å². The minimum Gasteiger partial charge on any atom is -0.387 e. The van der Waals surface area contributed by atoms with Gasteiger partial charge in [-0.3, -0.25) is 13.8 Å². The summed E-state index contributed by atoms with van der Waals surface area (Å²) in [5.41, 5.74) is 0. The van der Waals surface area contributed by atoms with Crippen LogP contribution in [0.3, 0.4) is 0 Å². The molecule has 328 valence electrons. The van der Waals surface area contributed by atoms with E-state index in [0.29, 0.717) is 17.4 Å². The topological polar surface area (TPSA) is 105 Å². The van der Waals surface area contributed by atoms with E-state index < -0.39 is 20.0 Å². The summed E-state index contributed by atoms with van der Waals surface area (Å²) in [6, 6.07) is -0.838. The van der Waals surface area contributed by atoms with Gasteiger partial charge in [0.2, 0.25) is 5.91 Å². The fourth-order valence-corrected chi connectivity index (χ4v) is 7.72. The van der Waals surface area contributed by atoms with E-state index in [9.17, 15) is 19.4 Å². The summed E-state index contributed by atoms with van der Waals surface area (Å²) in [6.45, 7) is 4.80. The lowest BCUT2D eigenvalue weighted by Gasteiger charge is -2.25. The molecule has 55 heavy (non-hydrogen) atoms. The predicted molar refractivity (Wildman–Crippen MR) is 235 cm³/mol. The molecule has 1 unspecified atom stereocenters. The number of carbonyl (C=O) groups excluding carboxylic acids is 1. The van der Waals surface area contributed by atoms with Gasteiger partial charge in [0, 0.05) is 6.42 Å². The number of nitrogens with one attached hydrogen (secondary N) is 1. The Morgan fingerprint density at radius 1 is 0.600 bits per heavy atom. The van der Waals surface area contributed by atoms with Crippen molar-refractivity contribution in [2.24, 2.45) is 0 Å². The Labute approximate surface area is 342 Å². The van der Waals surface area contributed by atoms with Crippen molar-refractivity contribution in [2.45, 2.75) is 238 Å². The van der Waals surface area contributed by atoms with E-state index in [1.807, 2.05) is 27.2 Å². The van der Waals surface area contributed by atoms with E-state index in [4.69, 9.17) is 9.05 Å². The van der Waals surface area contributed by atoms with Gasteiger partial charge in [-0.25, -0.2) is 4.57 Å². The molecule has 8 nitrogen and oxygen atoms in total. The van der Waals surface area contributed by atoms with Gasteiger partial charge >= 0.3 is 7.82 Å². The minimum atomic E-state index is -4.33. The van der Waals surface area contributed by atoms with Crippen molar-refractivity contribution < 1.29 is 32.9 Å². The third-order valence-corrected chi connectivity index (χ3v) is 11.7. The summed E-state index contributed by atoms with van der Waals surface area (Å²) in [6.07, 6.45) is 44.4. The number of unbranched alkanes of at least 4 members (excludes halogenated alkanes) is 30. The van der Waals surface area contributed by atoms with Crippen molar-refractivity contribution in [3.05, 3.63) is 12.2 Å². The molecule has 0 spiro atoms. The average molecular weight is 802 g/mol. The van der Waals surface area contributed by atoms with Gasteiger partial charge in [-0.05, 0) is 19.3 Å². The van der Waals surface area contributed by atoms with Gasteiger partial charge in [0.25, 0.3) is 0 Å². The molecule has 0 rings (SSSR count). The maximum Gasteiger partial charge on any atom is 0.472 e. The highest BCUT2D eigenvalue weighted by Gasteiger charge is 2.27. The average Bonchev–Trinajstić information content (AvgIpc) is 3.13. The monoisotopic (exact) mass is 802 g/mol. The number of quaternary nitrogens is 1. The molecule has 0 heterocycles. The molecule has 1 amide bonds. The van der Waals surface area contributed by atoms with Crippen LogP contribution in [0.2, 0.25) is 0 Å². The highest BCUT2D eigenvalue weighted by molar-refractivity contribution is 7.47. The molecule has 3 atom stereocenters. The van der Waals surface area contributed by atoms with Crippen molar-refractivity contribution >= 4 is 13.7 Å². The maximum absolute atomic E-state index is 12.8. The molecule has 0 aliphatic rings. The van der Waals surface area contributed by atoms with E-state index in [0.717, 1.165) is 38.5 Å². The van der Waals surface area contributed by atoms with E-state index in [2.05, 4.69) is 19.2 Å². The van der Waals surface area contributed by atoms with Crippen LogP contribution in [-0.2, 0) is 18.4 Å². The third kappa shape index (κ3) is 41.2. The number of carbonyl (C=O) groups is 1. The van der Waals surface area contributed by atoms with Gasteiger partial charge in [-0.2, -0.15) is 0 Å². The van der Waals surface area contributed by atoms with Gasteiger partial charge in [-0.1, -0.05) is 212 Å². The fourth-order valence-electron chi connectivity index (χ4n) is 6.98. The minimum absolute atomic E-state index is 0.0643. The molecular weight excluding hydrogens is 707 g/mol. The van der Waals surface area contributed by atoms with E-state index in [1.54, 1.807) is 6.08 Å². The molecule has 0 saturated heterocycles. The quantitative estimate of drug-likeness (QED) is 0.0245. The lowest BCUT2D eigenvalue weighted by Crippen LogP contribution is -2.45. The molecule has 0 aliphatic carbocycles. The van der Waals surface area contributed by atoms with Crippen LogP contribution in [0.4, 0.5) is 0 Å². The first-order valence-electron chi connectivity index (χ1n) is 23.6. The largest absolute Gasteiger partial charge is 0.472 e. The van der Waals surface area contributed by atoms with Crippen molar-refractivity contribution in [1.29, 1.82) is 0 Å². The van der Waals surface area contributed by atoms with Crippen LogP contribution >= 0.6 is 7.82 Å². The number of hydrogen-bond donors (Lipinski definition) is 3. The summed E-state index contributed by atoms with van der Waals surface area (Å²) in [4.78, 5) is 23.1. The van der Waals surface area contributed by atoms with Crippen LogP contribution in [0.5, 0.6) is 0 Å². The number of aliphatic hydroxyl groups excluding tert-OH is 1. The van der Waals surface area contributed by atoms with Crippen molar-refractivity contribution in [1.82, 2.24) is 5.32 Å². The maximum atomic E-state index is 12.8.